The van der Waals surface area contributed by atoms with E-state index < -0.39 is 11.6 Å². The molecule has 0 saturated carbocycles. The molecule has 184 valence electrons. The molecule has 5 rings (SSSR count). The lowest BCUT2D eigenvalue weighted by molar-refractivity contribution is -0.137. The van der Waals surface area contributed by atoms with Crippen LogP contribution in [0, 0.1) is 5.92 Å². The number of piperidine rings is 1. The number of hydrogen-bond donors (Lipinski definition) is 1. The van der Waals surface area contributed by atoms with E-state index in [-0.39, 0.29) is 36.8 Å². The van der Waals surface area contributed by atoms with Gasteiger partial charge in [0.15, 0.2) is 5.54 Å². The van der Waals surface area contributed by atoms with E-state index >= 15 is 0 Å². The van der Waals surface area contributed by atoms with Crippen molar-refractivity contribution in [2.75, 3.05) is 26.2 Å². The van der Waals surface area contributed by atoms with Crippen LogP contribution in [-0.4, -0.2) is 65.0 Å². The average Bonchev–Trinajstić information content (AvgIpc) is 3.47. The van der Waals surface area contributed by atoms with Gasteiger partial charge in [-0.3, -0.25) is 19.5 Å². The maximum absolute atomic E-state index is 13.9. The fourth-order valence-corrected chi connectivity index (χ4v) is 5.72. The Hall–Kier alpha value is -2.97. The lowest BCUT2D eigenvalue weighted by atomic mass is 9.75. The Morgan fingerprint density at radius 3 is 2.66 bits per heavy atom. The molecule has 0 unspecified atom stereocenters. The Balaban J connectivity index is 1.33. The van der Waals surface area contributed by atoms with Crippen molar-refractivity contribution < 1.29 is 19.1 Å². The topological polar surface area (TPSA) is 91.8 Å². The van der Waals surface area contributed by atoms with Gasteiger partial charge in [-0.25, -0.2) is 4.79 Å². The number of nitrogens with zero attached hydrogens (tertiary/aromatic N) is 3. The summed E-state index contributed by atoms with van der Waals surface area (Å²) >= 11 is 6.06. The highest BCUT2D eigenvalue weighted by molar-refractivity contribution is 6.30. The summed E-state index contributed by atoms with van der Waals surface area (Å²) in [6.45, 7) is 1.92. The van der Waals surface area contributed by atoms with E-state index in [4.69, 9.17) is 16.3 Å². The first-order chi connectivity index (χ1) is 17.0. The highest BCUT2D eigenvalue weighted by atomic mass is 35.5. The zero-order valence-corrected chi connectivity index (χ0v) is 20.2. The molecule has 3 aliphatic heterocycles. The molecular formula is C26H29ClN4O4. The normalized spacial score (nSPS) is 25.2. The number of nitrogens with one attached hydrogen (secondary N) is 1. The van der Waals surface area contributed by atoms with Crippen LogP contribution in [-0.2, 0) is 26.3 Å². The van der Waals surface area contributed by atoms with Gasteiger partial charge in [-0.1, -0.05) is 29.8 Å². The van der Waals surface area contributed by atoms with Crippen LogP contribution in [0.3, 0.4) is 0 Å². The van der Waals surface area contributed by atoms with Gasteiger partial charge in [0.1, 0.15) is 0 Å². The molecule has 3 fully saturated rings. The predicted octanol–water partition coefficient (Wildman–Crippen LogP) is 3.14. The van der Waals surface area contributed by atoms with Crippen LogP contribution in [0.4, 0.5) is 4.79 Å². The summed E-state index contributed by atoms with van der Waals surface area (Å²) in [6.07, 6.45) is 4.72. The molecule has 2 atom stereocenters. The first kappa shape index (κ1) is 23.8. The van der Waals surface area contributed by atoms with E-state index in [2.05, 4.69) is 10.3 Å². The Morgan fingerprint density at radius 1 is 1.14 bits per heavy atom. The van der Waals surface area contributed by atoms with E-state index in [9.17, 15) is 14.4 Å². The Kier molecular flexibility index (Phi) is 6.75. The standard InChI is InChI=1S/C26H29ClN4O4/c27-20-6-3-5-18(15-20)16-23(32)30-12-9-19(10-13-30)26(22-8-1-2-11-28-22)24(33)31(25(34)29-26)17-21-7-4-14-35-21/h1-3,5-6,8,11,15,19,21H,4,7,9-10,12-14,16-17H2,(H,29,34)/t21-,26-/m1/s1. The molecule has 2 aromatic rings. The fourth-order valence-electron chi connectivity index (χ4n) is 5.50. The number of halogens is 1. The summed E-state index contributed by atoms with van der Waals surface area (Å²) in [5.74, 6) is -0.432. The first-order valence-corrected chi connectivity index (χ1v) is 12.5. The third kappa shape index (κ3) is 4.65. The molecule has 0 spiro atoms. The molecule has 4 amide bonds. The number of carbonyl (C=O) groups excluding carboxylic acids is 3. The van der Waals surface area contributed by atoms with E-state index in [1.807, 2.05) is 23.1 Å². The number of likely N-dealkylation sites (tertiary alicyclic amines) is 1. The summed E-state index contributed by atoms with van der Waals surface area (Å²) in [4.78, 5) is 47.5. The number of urea groups is 1. The second-order valence-corrected chi connectivity index (χ2v) is 9.90. The van der Waals surface area contributed by atoms with Crippen LogP contribution >= 0.6 is 11.6 Å². The maximum Gasteiger partial charge on any atom is 0.325 e. The summed E-state index contributed by atoms with van der Waals surface area (Å²) in [6, 6.07) is 12.3. The summed E-state index contributed by atoms with van der Waals surface area (Å²) < 4.78 is 5.69. The number of aromatic nitrogens is 1. The Morgan fingerprint density at radius 2 is 1.97 bits per heavy atom. The molecule has 1 aromatic heterocycles. The number of hydrogen-bond acceptors (Lipinski definition) is 5. The summed E-state index contributed by atoms with van der Waals surface area (Å²) in [5.41, 5.74) is 0.174. The van der Waals surface area contributed by atoms with E-state index in [0.29, 0.717) is 43.3 Å². The van der Waals surface area contributed by atoms with Gasteiger partial charge < -0.3 is 15.0 Å². The van der Waals surface area contributed by atoms with Crippen LogP contribution in [0.1, 0.15) is 36.9 Å². The van der Waals surface area contributed by atoms with Crippen LogP contribution in [0.15, 0.2) is 48.7 Å². The SMILES string of the molecule is O=C(Cc1cccc(Cl)c1)N1CCC([C@]2(c3ccccn3)NC(=O)N(C[C@H]3CCCO3)C2=O)CC1. The first-order valence-electron chi connectivity index (χ1n) is 12.2. The third-order valence-electron chi connectivity index (χ3n) is 7.32. The molecule has 0 radical (unpaired) electrons. The zero-order valence-electron chi connectivity index (χ0n) is 19.5. The minimum absolute atomic E-state index is 0.0272. The van der Waals surface area contributed by atoms with Crippen molar-refractivity contribution in [3.63, 3.8) is 0 Å². The molecule has 1 aromatic carbocycles. The van der Waals surface area contributed by atoms with Gasteiger partial charge in [0, 0.05) is 36.8 Å². The molecule has 1 N–H and O–H groups in total. The number of ether oxygens (including phenoxy) is 1. The minimum Gasteiger partial charge on any atom is -0.376 e. The van der Waals surface area contributed by atoms with Gasteiger partial charge in [-0.05, 0) is 55.5 Å². The Bertz CT molecular complexity index is 1100. The summed E-state index contributed by atoms with van der Waals surface area (Å²) in [7, 11) is 0. The summed E-state index contributed by atoms with van der Waals surface area (Å²) in [5, 5.41) is 3.62. The van der Waals surface area contributed by atoms with Crippen molar-refractivity contribution in [3.05, 3.63) is 64.9 Å². The molecule has 9 heteroatoms. The van der Waals surface area contributed by atoms with Gasteiger partial charge in [-0.2, -0.15) is 0 Å². The highest BCUT2D eigenvalue weighted by Gasteiger charge is 2.58. The van der Waals surface area contributed by atoms with Crippen LogP contribution in [0.25, 0.3) is 0 Å². The van der Waals surface area contributed by atoms with Gasteiger partial charge >= 0.3 is 6.03 Å². The van der Waals surface area contributed by atoms with E-state index in [1.54, 1.807) is 30.5 Å². The molecular weight excluding hydrogens is 468 g/mol. The zero-order chi connectivity index (χ0) is 24.4. The number of benzene rings is 1. The lowest BCUT2D eigenvalue weighted by Crippen LogP contribution is -2.55. The monoisotopic (exact) mass is 496 g/mol. The molecule has 3 saturated heterocycles. The number of imide groups is 1. The number of rotatable bonds is 6. The second-order valence-electron chi connectivity index (χ2n) is 9.47. The minimum atomic E-state index is -1.24. The average molecular weight is 497 g/mol. The van der Waals surface area contributed by atoms with Crippen molar-refractivity contribution in [3.8, 4) is 0 Å². The van der Waals surface area contributed by atoms with Gasteiger partial charge in [0.05, 0.1) is 24.8 Å². The van der Waals surface area contributed by atoms with Crippen molar-refractivity contribution in [1.29, 1.82) is 0 Å². The molecule has 35 heavy (non-hydrogen) atoms. The van der Waals surface area contributed by atoms with Crippen LogP contribution in [0.2, 0.25) is 5.02 Å². The molecule has 3 aliphatic rings. The highest BCUT2D eigenvalue weighted by Crippen LogP contribution is 2.41. The maximum atomic E-state index is 13.9. The van der Waals surface area contributed by atoms with Crippen molar-refractivity contribution >= 4 is 29.4 Å². The number of carbonyl (C=O) groups is 3. The fraction of sp³-hybridized carbons (Fsp3) is 0.462. The van der Waals surface area contributed by atoms with Crippen molar-refractivity contribution in [2.24, 2.45) is 5.92 Å². The molecule has 0 bridgehead atoms. The van der Waals surface area contributed by atoms with Crippen LogP contribution < -0.4 is 5.32 Å². The predicted molar refractivity (Wildman–Crippen MR) is 130 cm³/mol. The largest absolute Gasteiger partial charge is 0.376 e. The number of amides is 4. The smallest absolute Gasteiger partial charge is 0.325 e. The quantitative estimate of drug-likeness (QED) is 0.620. The van der Waals surface area contributed by atoms with Crippen molar-refractivity contribution in [2.45, 2.75) is 43.7 Å². The molecule has 8 nitrogen and oxygen atoms in total. The molecule has 0 aliphatic carbocycles. The lowest BCUT2D eigenvalue weighted by Gasteiger charge is -2.40. The second kappa shape index (κ2) is 9.95. The van der Waals surface area contributed by atoms with Gasteiger partial charge in [-0.15, -0.1) is 0 Å². The Labute approximate surface area is 209 Å². The van der Waals surface area contributed by atoms with Gasteiger partial charge in [0.25, 0.3) is 5.91 Å². The number of pyridine rings is 1. The van der Waals surface area contributed by atoms with E-state index in [1.165, 1.54) is 4.90 Å². The van der Waals surface area contributed by atoms with E-state index in [0.717, 1.165) is 18.4 Å². The third-order valence-corrected chi connectivity index (χ3v) is 7.55. The van der Waals surface area contributed by atoms with Crippen molar-refractivity contribution in [1.82, 2.24) is 20.1 Å². The molecule has 4 heterocycles. The van der Waals surface area contributed by atoms with Gasteiger partial charge in [0.2, 0.25) is 5.91 Å². The van der Waals surface area contributed by atoms with Crippen LogP contribution in [0.5, 0.6) is 0 Å².